The quantitative estimate of drug-likeness (QED) is 0.439. The molecule has 1 aromatic carbocycles. The first-order valence-electron chi connectivity index (χ1n) is 9.41. The molecular formula is C21H25Cl2N3O4. The van der Waals surface area contributed by atoms with E-state index in [-0.39, 0.29) is 29.7 Å². The van der Waals surface area contributed by atoms with Crippen LogP contribution in [0.5, 0.6) is 0 Å². The second-order valence-corrected chi connectivity index (χ2v) is 8.21. The van der Waals surface area contributed by atoms with Crippen molar-refractivity contribution in [3.8, 4) is 0 Å². The number of carbonyl (C=O) groups is 2. The first-order valence-corrected chi connectivity index (χ1v) is 10.2. The highest BCUT2D eigenvalue weighted by molar-refractivity contribution is 6.30. The predicted molar refractivity (Wildman–Crippen MR) is 117 cm³/mol. The number of carbonyl (C=O) groups excluding carboxylic acids is 2. The largest absolute Gasteiger partial charge is 0.462 e. The third-order valence-corrected chi connectivity index (χ3v) is 4.22. The summed E-state index contributed by atoms with van der Waals surface area (Å²) in [6.07, 6.45) is -0.584. The number of pyridine rings is 1. The minimum atomic E-state index is -0.651. The van der Waals surface area contributed by atoms with Crippen LogP contribution < -0.4 is 10.6 Å². The molecule has 1 heterocycles. The van der Waals surface area contributed by atoms with Crippen molar-refractivity contribution in [2.45, 2.75) is 39.3 Å². The molecule has 0 unspecified atom stereocenters. The highest BCUT2D eigenvalue weighted by Gasteiger charge is 2.22. The molecule has 0 radical (unpaired) electrons. The van der Waals surface area contributed by atoms with Gasteiger partial charge < -0.3 is 20.1 Å². The summed E-state index contributed by atoms with van der Waals surface area (Å²) in [5, 5.41) is 6.62. The Kier molecular flexibility index (Phi) is 8.32. The summed E-state index contributed by atoms with van der Waals surface area (Å²) in [6.45, 7) is 7.47. The molecule has 0 bridgehead atoms. The number of nitrogens with zero attached hydrogens (tertiary/aromatic N) is 1. The van der Waals surface area contributed by atoms with Crippen molar-refractivity contribution in [3.05, 3.63) is 57.7 Å². The Bertz CT molecular complexity index is 900. The highest BCUT2D eigenvalue weighted by Crippen LogP contribution is 2.22. The van der Waals surface area contributed by atoms with Crippen LogP contribution in [-0.2, 0) is 9.47 Å². The van der Waals surface area contributed by atoms with Gasteiger partial charge in [0.25, 0.3) is 0 Å². The Balaban J connectivity index is 2.25. The SMILES string of the molecule is CCOC(=O)c1ccc(Cl)nc1NC[C@H](NC(=O)OC(C)(C)C)c1cccc(Cl)c1. The number of amides is 1. The number of hydrogen-bond acceptors (Lipinski definition) is 6. The summed E-state index contributed by atoms with van der Waals surface area (Å²) in [5.41, 5.74) is 0.339. The fourth-order valence-corrected chi connectivity index (χ4v) is 2.91. The maximum absolute atomic E-state index is 12.3. The van der Waals surface area contributed by atoms with Crippen molar-refractivity contribution in [2.24, 2.45) is 0 Å². The minimum Gasteiger partial charge on any atom is -0.462 e. The molecule has 1 amide bonds. The van der Waals surface area contributed by atoms with Crippen LogP contribution in [0.2, 0.25) is 10.2 Å². The minimum absolute atomic E-state index is 0.194. The van der Waals surface area contributed by atoms with Crippen molar-refractivity contribution in [2.75, 3.05) is 18.5 Å². The van der Waals surface area contributed by atoms with Gasteiger partial charge in [0.15, 0.2) is 0 Å². The van der Waals surface area contributed by atoms with Crippen molar-refractivity contribution in [1.29, 1.82) is 0 Å². The number of hydrogen-bond donors (Lipinski definition) is 2. The first kappa shape index (κ1) is 23.8. The van der Waals surface area contributed by atoms with Crippen LogP contribution in [0.15, 0.2) is 36.4 Å². The number of ether oxygens (including phenoxy) is 2. The molecule has 0 aliphatic heterocycles. The lowest BCUT2D eigenvalue weighted by atomic mass is 10.1. The smallest absolute Gasteiger partial charge is 0.408 e. The normalized spacial score (nSPS) is 12.1. The molecule has 2 rings (SSSR count). The van der Waals surface area contributed by atoms with Gasteiger partial charge in [-0.05, 0) is 57.5 Å². The fourth-order valence-electron chi connectivity index (χ4n) is 2.57. The molecule has 7 nitrogen and oxygen atoms in total. The third kappa shape index (κ3) is 7.39. The van der Waals surface area contributed by atoms with E-state index < -0.39 is 23.7 Å². The van der Waals surface area contributed by atoms with Gasteiger partial charge in [-0.15, -0.1) is 0 Å². The topological polar surface area (TPSA) is 89.5 Å². The van der Waals surface area contributed by atoms with Crippen LogP contribution in [0.25, 0.3) is 0 Å². The Morgan fingerprint density at radius 2 is 1.90 bits per heavy atom. The molecule has 1 atom stereocenters. The number of benzene rings is 1. The van der Waals surface area contributed by atoms with Gasteiger partial charge in [-0.25, -0.2) is 14.6 Å². The molecule has 0 saturated carbocycles. The zero-order chi connectivity index (χ0) is 22.3. The maximum Gasteiger partial charge on any atom is 0.408 e. The Morgan fingerprint density at radius 1 is 1.17 bits per heavy atom. The lowest BCUT2D eigenvalue weighted by Crippen LogP contribution is -2.37. The zero-order valence-corrected chi connectivity index (χ0v) is 18.8. The van der Waals surface area contributed by atoms with E-state index in [1.807, 2.05) is 6.07 Å². The summed E-state index contributed by atoms with van der Waals surface area (Å²) in [6, 6.07) is 9.60. The Morgan fingerprint density at radius 3 is 2.53 bits per heavy atom. The number of aromatic nitrogens is 1. The summed E-state index contributed by atoms with van der Waals surface area (Å²) in [7, 11) is 0. The second-order valence-electron chi connectivity index (χ2n) is 7.39. The molecule has 0 saturated heterocycles. The van der Waals surface area contributed by atoms with Crippen LogP contribution in [0.1, 0.15) is 49.7 Å². The van der Waals surface area contributed by atoms with Gasteiger partial charge in [-0.1, -0.05) is 35.3 Å². The molecule has 2 N–H and O–H groups in total. The van der Waals surface area contributed by atoms with Gasteiger partial charge in [-0.3, -0.25) is 0 Å². The monoisotopic (exact) mass is 453 g/mol. The maximum atomic E-state index is 12.3. The van der Waals surface area contributed by atoms with Crippen LogP contribution in [0.4, 0.5) is 10.6 Å². The molecule has 0 spiro atoms. The van der Waals surface area contributed by atoms with Gasteiger partial charge >= 0.3 is 12.1 Å². The molecule has 9 heteroatoms. The van der Waals surface area contributed by atoms with E-state index in [2.05, 4.69) is 15.6 Å². The molecule has 30 heavy (non-hydrogen) atoms. The molecule has 0 aliphatic rings. The number of esters is 1. The second kappa shape index (κ2) is 10.5. The Labute approximate surface area is 186 Å². The van der Waals surface area contributed by atoms with Crippen molar-refractivity contribution in [1.82, 2.24) is 10.3 Å². The van der Waals surface area contributed by atoms with E-state index in [4.69, 9.17) is 32.7 Å². The molecule has 162 valence electrons. The number of anilines is 1. The summed E-state index contributed by atoms with van der Waals surface area (Å²) >= 11 is 12.1. The van der Waals surface area contributed by atoms with E-state index in [9.17, 15) is 9.59 Å². The molecule has 1 aromatic heterocycles. The van der Waals surface area contributed by atoms with E-state index in [0.29, 0.717) is 5.02 Å². The summed E-state index contributed by atoms with van der Waals surface area (Å²) < 4.78 is 10.4. The van der Waals surface area contributed by atoms with Crippen LogP contribution >= 0.6 is 23.2 Å². The zero-order valence-electron chi connectivity index (χ0n) is 17.3. The average Bonchev–Trinajstić information content (AvgIpc) is 2.63. The van der Waals surface area contributed by atoms with Gasteiger partial charge in [0.2, 0.25) is 0 Å². The van der Waals surface area contributed by atoms with Crippen molar-refractivity contribution < 1.29 is 19.1 Å². The number of alkyl carbamates (subject to hydrolysis) is 1. The lowest BCUT2D eigenvalue weighted by Gasteiger charge is -2.24. The van der Waals surface area contributed by atoms with Gasteiger partial charge in [0.05, 0.1) is 12.6 Å². The average molecular weight is 454 g/mol. The summed E-state index contributed by atoms with van der Waals surface area (Å²) in [5.74, 6) is -0.275. The van der Waals surface area contributed by atoms with Crippen LogP contribution in [0.3, 0.4) is 0 Å². The third-order valence-electron chi connectivity index (χ3n) is 3.77. The number of halogens is 2. The van der Waals surface area contributed by atoms with Crippen molar-refractivity contribution >= 4 is 41.1 Å². The summed E-state index contributed by atoms with van der Waals surface area (Å²) in [4.78, 5) is 28.7. The highest BCUT2D eigenvalue weighted by atomic mass is 35.5. The van der Waals surface area contributed by atoms with Gasteiger partial charge in [0, 0.05) is 11.6 Å². The van der Waals surface area contributed by atoms with Crippen LogP contribution in [0, 0.1) is 0 Å². The van der Waals surface area contributed by atoms with E-state index in [1.54, 1.807) is 45.9 Å². The van der Waals surface area contributed by atoms with E-state index in [0.717, 1.165) is 5.56 Å². The predicted octanol–water partition coefficient (Wildman–Crippen LogP) is 5.24. The van der Waals surface area contributed by atoms with Gasteiger partial charge in [0.1, 0.15) is 22.1 Å². The Hall–Kier alpha value is -2.51. The molecule has 0 fully saturated rings. The molecule has 2 aromatic rings. The van der Waals surface area contributed by atoms with Crippen molar-refractivity contribution in [3.63, 3.8) is 0 Å². The standard InChI is InChI=1S/C21H25Cl2N3O4/c1-5-29-19(27)15-9-10-17(23)26-18(15)24-12-16(13-7-6-8-14(22)11-13)25-20(28)30-21(2,3)4/h6-11,16H,5,12H2,1-4H3,(H,24,26)(H,25,28)/t16-/m0/s1. The number of rotatable bonds is 7. The molecular weight excluding hydrogens is 429 g/mol. The lowest BCUT2D eigenvalue weighted by molar-refractivity contribution is 0.0500. The van der Waals surface area contributed by atoms with Gasteiger partial charge in [-0.2, -0.15) is 0 Å². The molecule has 0 aliphatic carbocycles. The fraction of sp³-hybridized carbons (Fsp3) is 0.381. The van der Waals surface area contributed by atoms with E-state index in [1.165, 1.54) is 12.1 Å². The first-order chi connectivity index (χ1) is 14.1. The number of nitrogens with one attached hydrogen (secondary N) is 2. The van der Waals surface area contributed by atoms with E-state index >= 15 is 0 Å². The van der Waals surface area contributed by atoms with Crippen LogP contribution in [-0.4, -0.2) is 35.8 Å².